The summed E-state index contributed by atoms with van der Waals surface area (Å²) in [5.41, 5.74) is 0.694. The number of nitrogens with zero attached hydrogens (tertiary/aromatic N) is 1. The van der Waals surface area contributed by atoms with Crippen LogP contribution in [0.2, 0.25) is 10.0 Å². The fourth-order valence-electron chi connectivity index (χ4n) is 3.50. The van der Waals surface area contributed by atoms with Crippen LogP contribution in [-0.4, -0.2) is 35.9 Å². The third-order valence-electron chi connectivity index (χ3n) is 5.53. The van der Waals surface area contributed by atoms with Crippen LogP contribution in [0.5, 0.6) is 5.75 Å². The van der Waals surface area contributed by atoms with Gasteiger partial charge in [-0.15, -0.1) is 0 Å². The van der Waals surface area contributed by atoms with E-state index in [1.165, 1.54) is 4.90 Å². The number of unbranched alkanes of at least 4 members (excludes halogenated alkanes) is 1. The number of benzene rings is 3. The van der Waals surface area contributed by atoms with E-state index in [-0.39, 0.29) is 25.0 Å². The lowest BCUT2D eigenvalue weighted by Crippen LogP contribution is -2.49. The minimum atomic E-state index is -0.709. The van der Waals surface area contributed by atoms with E-state index >= 15 is 0 Å². The van der Waals surface area contributed by atoms with E-state index in [0.29, 0.717) is 27.9 Å². The molecule has 3 rings (SSSR count). The van der Waals surface area contributed by atoms with Crippen molar-refractivity contribution in [2.45, 2.75) is 39.3 Å². The second-order valence-electron chi connectivity index (χ2n) is 7.97. The van der Waals surface area contributed by atoms with Crippen LogP contribution in [0.3, 0.4) is 0 Å². The van der Waals surface area contributed by atoms with Gasteiger partial charge in [-0.05, 0) is 63.8 Å². The number of rotatable bonds is 10. The van der Waals surface area contributed by atoms with Gasteiger partial charge in [-0.2, -0.15) is 0 Å². The first-order valence-corrected chi connectivity index (χ1v) is 12.7. The van der Waals surface area contributed by atoms with Crippen molar-refractivity contribution >= 4 is 61.7 Å². The topological polar surface area (TPSA) is 58.6 Å². The normalized spacial score (nSPS) is 11.8. The highest BCUT2D eigenvalue weighted by molar-refractivity contribution is 9.10. The van der Waals surface area contributed by atoms with Gasteiger partial charge in [0.1, 0.15) is 11.8 Å². The van der Waals surface area contributed by atoms with Crippen molar-refractivity contribution in [2.24, 2.45) is 0 Å². The van der Waals surface area contributed by atoms with E-state index in [9.17, 15) is 9.59 Å². The van der Waals surface area contributed by atoms with Crippen LogP contribution in [0, 0.1) is 0 Å². The summed E-state index contributed by atoms with van der Waals surface area (Å²) in [5.74, 6) is -0.000404. The van der Waals surface area contributed by atoms with Gasteiger partial charge in [0.25, 0.3) is 5.91 Å². The van der Waals surface area contributed by atoms with E-state index in [4.69, 9.17) is 27.9 Å². The zero-order valence-electron chi connectivity index (χ0n) is 19.1. The molecular weight excluding hydrogens is 539 g/mol. The lowest BCUT2D eigenvalue weighted by atomic mass is 10.1. The number of fused-ring (bicyclic) bond motifs is 1. The highest BCUT2D eigenvalue weighted by Crippen LogP contribution is 2.33. The molecule has 0 aliphatic carbocycles. The fraction of sp³-hybridized carbons (Fsp3) is 0.308. The summed E-state index contributed by atoms with van der Waals surface area (Å²) in [5, 5.41) is 5.88. The first-order chi connectivity index (χ1) is 16.3. The molecule has 0 aromatic heterocycles. The summed E-state index contributed by atoms with van der Waals surface area (Å²) in [6, 6.07) is 16.0. The van der Waals surface area contributed by atoms with Crippen LogP contribution in [0.15, 0.2) is 59.1 Å². The minimum absolute atomic E-state index is 0.152. The molecule has 0 unspecified atom stereocenters. The SMILES string of the molecule is CCCCNC(=O)[C@@H](C)N(Cc1ccc(Cl)cc1Cl)C(=O)COc1ccc2ccccc2c1Br. The first-order valence-electron chi connectivity index (χ1n) is 11.1. The number of amides is 2. The summed E-state index contributed by atoms with van der Waals surface area (Å²) < 4.78 is 6.65. The number of halogens is 3. The first kappa shape index (κ1) is 26.3. The van der Waals surface area contributed by atoms with Gasteiger partial charge in [0.2, 0.25) is 5.91 Å². The summed E-state index contributed by atoms with van der Waals surface area (Å²) in [4.78, 5) is 27.5. The van der Waals surface area contributed by atoms with E-state index < -0.39 is 6.04 Å². The molecule has 0 saturated carbocycles. The van der Waals surface area contributed by atoms with Gasteiger partial charge in [0.05, 0.1) is 4.47 Å². The van der Waals surface area contributed by atoms with Crippen LogP contribution in [-0.2, 0) is 16.1 Å². The Kier molecular flexibility index (Phi) is 9.63. The molecule has 0 spiro atoms. The fourth-order valence-corrected chi connectivity index (χ4v) is 4.58. The Bertz CT molecular complexity index is 1170. The Morgan fingerprint density at radius 1 is 1.12 bits per heavy atom. The Hall–Kier alpha value is -2.28. The van der Waals surface area contributed by atoms with Crippen molar-refractivity contribution in [1.29, 1.82) is 0 Å². The van der Waals surface area contributed by atoms with Gasteiger partial charge < -0.3 is 15.0 Å². The maximum absolute atomic E-state index is 13.3. The lowest BCUT2D eigenvalue weighted by Gasteiger charge is -2.29. The quantitative estimate of drug-likeness (QED) is 0.281. The molecule has 8 heteroatoms. The summed E-state index contributed by atoms with van der Waals surface area (Å²) in [6.07, 6.45) is 1.83. The molecule has 0 radical (unpaired) electrons. The van der Waals surface area contributed by atoms with Crippen LogP contribution in [0.25, 0.3) is 10.8 Å². The van der Waals surface area contributed by atoms with Crippen molar-refractivity contribution in [3.8, 4) is 5.75 Å². The summed E-state index contributed by atoms with van der Waals surface area (Å²) >= 11 is 16.0. The van der Waals surface area contributed by atoms with Gasteiger partial charge in [0.15, 0.2) is 6.61 Å². The highest BCUT2D eigenvalue weighted by Gasteiger charge is 2.27. The molecule has 0 heterocycles. The molecule has 1 N–H and O–H groups in total. The second kappa shape index (κ2) is 12.4. The van der Waals surface area contributed by atoms with Crippen LogP contribution in [0.4, 0.5) is 0 Å². The number of carbonyl (C=O) groups is 2. The molecule has 5 nitrogen and oxygen atoms in total. The molecule has 3 aromatic rings. The number of ether oxygens (including phenoxy) is 1. The smallest absolute Gasteiger partial charge is 0.261 e. The maximum Gasteiger partial charge on any atom is 0.261 e. The number of carbonyl (C=O) groups excluding carboxylic acids is 2. The van der Waals surface area contributed by atoms with E-state index in [1.54, 1.807) is 25.1 Å². The zero-order valence-corrected chi connectivity index (χ0v) is 22.2. The third kappa shape index (κ3) is 6.65. The minimum Gasteiger partial charge on any atom is -0.483 e. The number of hydrogen-bond acceptors (Lipinski definition) is 3. The maximum atomic E-state index is 13.3. The second-order valence-corrected chi connectivity index (χ2v) is 9.60. The van der Waals surface area contributed by atoms with E-state index in [1.807, 2.05) is 36.4 Å². The molecule has 2 amide bonds. The van der Waals surface area contributed by atoms with Crippen molar-refractivity contribution in [2.75, 3.05) is 13.2 Å². The molecule has 0 aliphatic heterocycles. The molecular formula is C26H27BrCl2N2O3. The van der Waals surface area contributed by atoms with Crippen molar-refractivity contribution in [1.82, 2.24) is 10.2 Å². The average Bonchev–Trinajstić information content (AvgIpc) is 2.83. The third-order valence-corrected chi connectivity index (χ3v) is 6.94. The Morgan fingerprint density at radius 2 is 1.88 bits per heavy atom. The van der Waals surface area contributed by atoms with E-state index in [2.05, 4.69) is 28.2 Å². The van der Waals surface area contributed by atoms with Crippen LogP contribution < -0.4 is 10.1 Å². The molecule has 1 atom stereocenters. The Balaban J connectivity index is 1.79. The van der Waals surface area contributed by atoms with Gasteiger partial charge in [-0.1, -0.05) is 72.9 Å². The number of hydrogen-bond donors (Lipinski definition) is 1. The molecule has 0 aliphatic rings. The zero-order chi connectivity index (χ0) is 24.7. The van der Waals surface area contributed by atoms with Gasteiger partial charge in [-0.3, -0.25) is 9.59 Å². The molecule has 180 valence electrons. The van der Waals surface area contributed by atoms with Gasteiger partial charge >= 0.3 is 0 Å². The Labute approximate surface area is 218 Å². The largest absolute Gasteiger partial charge is 0.483 e. The predicted molar refractivity (Wildman–Crippen MR) is 142 cm³/mol. The van der Waals surface area contributed by atoms with Crippen LogP contribution in [0.1, 0.15) is 32.3 Å². The standard InChI is InChI=1S/C26H27BrCl2N2O3/c1-3-4-13-30-26(33)17(2)31(15-19-9-11-20(28)14-22(19)29)24(32)16-34-23-12-10-18-7-5-6-8-21(18)25(23)27/h5-12,14,17H,3-4,13,15-16H2,1-2H3,(H,30,33)/t17-/m1/s1. The average molecular weight is 566 g/mol. The number of nitrogens with one attached hydrogen (secondary N) is 1. The molecule has 0 fully saturated rings. The van der Waals surface area contributed by atoms with Crippen LogP contribution >= 0.6 is 39.1 Å². The summed E-state index contributed by atoms with van der Waals surface area (Å²) in [6.45, 7) is 4.24. The molecule has 3 aromatic carbocycles. The van der Waals surface area contributed by atoms with Gasteiger partial charge in [0, 0.05) is 23.1 Å². The Morgan fingerprint density at radius 3 is 2.62 bits per heavy atom. The predicted octanol–water partition coefficient (Wildman–Crippen LogP) is 6.62. The van der Waals surface area contributed by atoms with Gasteiger partial charge in [-0.25, -0.2) is 0 Å². The monoisotopic (exact) mass is 564 g/mol. The van der Waals surface area contributed by atoms with E-state index in [0.717, 1.165) is 28.1 Å². The molecule has 0 bridgehead atoms. The van der Waals surface area contributed by atoms with Crippen molar-refractivity contribution in [3.63, 3.8) is 0 Å². The summed E-state index contributed by atoms with van der Waals surface area (Å²) in [7, 11) is 0. The van der Waals surface area contributed by atoms with Crippen molar-refractivity contribution in [3.05, 3.63) is 74.7 Å². The highest BCUT2D eigenvalue weighted by atomic mass is 79.9. The molecule has 0 saturated heterocycles. The molecule has 34 heavy (non-hydrogen) atoms. The lowest BCUT2D eigenvalue weighted by molar-refractivity contribution is -0.142. The van der Waals surface area contributed by atoms with Crippen molar-refractivity contribution < 1.29 is 14.3 Å².